The largest absolute Gasteiger partial charge is 0.343 e. The quantitative estimate of drug-likeness (QED) is 0.852. The second kappa shape index (κ2) is 7.14. The van der Waals surface area contributed by atoms with Gasteiger partial charge in [-0.1, -0.05) is 32.6 Å². The van der Waals surface area contributed by atoms with Crippen LogP contribution in [0.25, 0.3) is 11.2 Å². The van der Waals surface area contributed by atoms with Gasteiger partial charge in [-0.3, -0.25) is 4.79 Å². The number of hydrogen-bond acceptors (Lipinski definition) is 3. The summed E-state index contributed by atoms with van der Waals surface area (Å²) in [5.41, 5.74) is 2.04. The second-order valence-corrected chi connectivity index (χ2v) is 7.56. The van der Waals surface area contributed by atoms with Crippen LogP contribution < -0.4 is 0 Å². The lowest BCUT2D eigenvalue weighted by molar-refractivity contribution is -0.132. The van der Waals surface area contributed by atoms with Crippen LogP contribution in [0.4, 0.5) is 0 Å². The van der Waals surface area contributed by atoms with Crippen molar-refractivity contribution in [1.29, 1.82) is 0 Å². The first-order chi connectivity index (χ1) is 12.3. The fourth-order valence-corrected chi connectivity index (χ4v) is 4.57. The van der Waals surface area contributed by atoms with Crippen LogP contribution >= 0.6 is 0 Å². The fourth-order valence-electron chi connectivity index (χ4n) is 4.57. The minimum atomic E-state index is 0.276. The maximum Gasteiger partial charge on any atom is 0.222 e. The number of rotatable bonds is 4. The number of pyridine rings is 1. The molecule has 25 heavy (non-hydrogen) atoms. The Morgan fingerprint density at radius 2 is 1.96 bits per heavy atom. The summed E-state index contributed by atoms with van der Waals surface area (Å²) in [4.78, 5) is 23.6. The second-order valence-electron chi connectivity index (χ2n) is 7.56. The van der Waals surface area contributed by atoms with Gasteiger partial charge in [-0.05, 0) is 30.9 Å². The summed E-state index contributed by atoms with van der Waals surface area (Å²) in [5.74, 6) is 2.26. The number of imidazole rings is 1. The molecule has 0 radical (unpaired) electrons. The van der Waals surface area contributed by atoms with Crippen molar-refractivity contribution < 1.29 is 4.79 Å². The highest BCUT2D eigenvalue weighted by molar-refractivity contribution is 5.76. The van der Waals surface area contributed by atoms with Crippen molar-refractivity contribution in [1.82, 2.24) is 19.4 Å². The molecular formula is C20H28N4O. The number of piperidine rings is 1. The molecule has 2 aromatic rings. The van der Waals surface area contributed by atoms with Crippen LogP contribution in [0.2, 0.25) is 0 Å². The number of carbonyl (C=O) groups excluding carboxylic acids is 1. The van der Waals surface area contributed by atoms with Gasteiger partial charge in [-0.2, -0.15) is 0 Å². The van der Waals surface area contributed by atoms with Crippen LogP contribution in [0.5, 0.6) is 0 Å². The zero-order chi connectivity index (χ0) is 17.2. The Labute approximate surface area is 149 Å². The average Bonchev–Trinajstić information content (AvgIpc) is 3.28. The van der Waals surface area contributed by atoms with Crippen molar-refractivity contribution in [2.75, 3.05) is 13.1 Å². The van der Waals surface area contributed by atoms with Gasteiger partial charge in [0.1, 0.15) is 11.3 Å². The molecule has 1 saturated heterocycles. The number of carbonyl (C=O) groups is 1. The first-order valence-corrected chi connectivity index (χ1v) is 9.86. The summed E-state index contributed by atoms with van der Waals surface area (Å²) in [7, 11) is 0. The molecule has 1 amide bonds. The zero-order valence-electron chi connectivity index (χ0n) is 15.2. The molecule has 2 aromatic heterocycles. The van der Waals surface area contributed by atoms with Gasteiger partial charge >= 0.3 is 0 Å². The van der Waals surface area contributed by atoms with Crippen LogP contribution in [0.1, 0.15) is 63.7 Å². The molecule has 1 aliphatic carbocycles. The maximum atomic E-state index is 12.0. The number of nitrogens with zero attached hydrogens (tertiary/aromatic N) is 4. The molecule has 134 valence electrons. The van der Waals surface area contributed by atoms with Crippen LogP contribution in [0.15, 0.2) is 18.3 Å². The summed E-state index contributed by atoms with van der Waals surface area (Å²) >= 11 is 0. The van der Waals surface area contributed by atoms with E-state index in [1.54, 1.807) is 0 Å². The van der Waals surface area contributed by atoms with Crippen LogP contribution in [-0.2, 0) is 11.2 Å². The van der Waals surface area contributed by atoms with Crippen molar-refractivity contribution in [3.8, 4) is 0 Å². The van der Waals surface area contributed by atoms with Crippen LogP contribution in [0.3, 0.4) is 0 Å². The first kappa shape index (κ1) is 16.6. The average molecular weight is 340 g/mol. The standard InChI is InChI=1S/C20H28N4O/c1-2-19(25)23-12-9-16(10-13-23)24-18(14-15-6-3-4-7-15)22-17-8-5-11-21-20(17)24/h5,8,11,15-16H,2-4,6-7,9-10,12-14H2,1H3. The van der Waals surface area contributed by atoms with Crippen molar-refractivity contribution in [3.05, 3.63) is 24.2 Å². The Morgan fingerprint density at radius 1 is 1.20 bits per heavy atom. The fraction of sp³-hybridized carbons (Fsp3) is 0.650. The number of aromatic nitrogens is 3. The van der Waals surface area contributed by atoms with E-state index in [-0.39, 0.29) is 5.91 Å². The van der Waals surface area contributed by atoms with Gasteiger partial charge in [-0.15, -0.1) is 0 Å². The van der Waals surface area contributed by atoms with E-state index in [0.29, 0.717) is 12.5 Å². The molecule has 5 heteroatoms. The smallest absolute Gasteiger partial charge is 0.222 e. The highest BCUT2D eigenvalue weighted by Crippen LogP contribution is 2.32. The van der Waals surface area contributed by atoms with Gasteiger partial charge in [0, 0.05) is 38.2 Å². The summed E-state index contributed by atoms with van der Waals surface area (Å²) in [6.45, 7) is 3.65. The molecule has 0 unspecified atom stereocenters. The number of fused-ring (bicyclic) bond motifs is 1. The lowest BCUT2D eigenvalue weighted by Crippen LogP contribution is -2.39. The number of amides is 1. The zero-order valence-corrected chi connectivity index (χ0v) is 15.2. The maximum absolute atomic E-state index is 12.0. The van der Waals surface area contributed by atoms with Crippen molar-refractivity contribution in [3.63, 3.8) is 0 Å². The highest BCUT2D eigenvalue weighted by atomic mass is 16.2. The predicted molar refractivity (Wildman–Crippen MR) is 98.3 cm³/mol. The SMILES string of the molecule is CCC(=O)N1CCC(n2c(CC3CCCC3)nc3cccnc32)CC1. The Hall–Kier alpha value is -1.91. The molecule has 2 aliphatic rings. The molecule has 0 spiro atoms. The molecule has 0 bridgehead atoms. The van der Waals surface area contributed by atoms with E-state index in [4.69, 9.17) is 4.98 Å². The third-order valence-corrected chi connectivity index (χ3v) is 5.95. The van der Waals surface area contributed by atoms with Crippen molar-refractivity contribution in [2.45, 2.75) is 64.3 Å². The van der Waals surface area contributed by atoms with E-state index >= 15 is 0 Å². The number of hydrogen-bond donors (Lipinski definition) is 0. The van der Waals surface area contributed by atoms with E-state index < -0.39 is 0 Å². The molecule has 1 aliphatic heterocycles. The third-order valence-electron chi connectivity index (χ3n) is 5.95. The molecule has 2 fully saturated rings. The van der Waals surface area contributed by atoms with E-state index in [0.717, 1.165) is 49.4 Å². The summed E-state index contributed by atoms with van der Waals surface area (Å²) < 4.78 is 2.40. The summed E-state index contributed by atoms with van der Waals surface area (Å²) in [5, 5.41) is 0. The van der Waals surface area contributed by atoms with Gasteiger partial charge in [0.15, 0.2) is 5.65 Å². The van der Waals surface area contributed by atoms with E-state index in [1.807, 2.05) is 24.1 Å². The minimum Gasteiger partial charge on any atom is -0.343 e. The highest BCUT2D eigenvalue weighted by Gasteiger charge is 2.28. The molecule has 5 nitrogen and oxygen atoms in total. The minimum absolute atomic E-state index is 0.276. The van der Waals surface area contributed by atoms with E-state index in [1.165, 1.54) is 31.5 Å². The normalized spacial score (nSPS) is 19.8. The van der Waals surface area contributed by atoms with Crippen molar-refractivity contribution in [2.24, 2.45) is 5.92 Å². The van der Waals surface area contributed by atoms with E-state index in [9.17, 15) is 4.79 Å². The molecule has 1 saturated carbocycles. The van der Waals surface area contributed by atoms with Gasteiger partial charge in [0.05, 0.1) is 0 Å². The topological polar surface area (TPSA) is 51.0 Å². The lowest BCUT2D eigenvalue weighted by atomic mass is 10.0. The van der Waals surface area contributed by atoms with Gasteiger partial charge in [0.2, 0.25) is 5.91 Å². The molecule has 4 rings (SSSR count). The first-order valence-electron chi connectivity index (χ1n) is 9.86. The lowest BCUT2D eigenvalue weighted by Gasteiger charge is -2.33. The molecule has 0 atom stereocenters. The predicted octanol–water partition coefficient (Wildman–Crippen LogP) is 3.74. The molecule has 3 heterocycles. The molecule has 0 N–H and O–H groups in total. The van der Waals surface area contributed by atoms with Crippen LogP contribution in [-0.4, -0.2) is 38.4 Å². The molecular weight excluding hydrogens is 312 g/mol. The molecule has 0 aromatic carbocycles. The Balaban J connectivity index is 1.60. The van der Waals surface area contributed by atoms with E-state index in [2.05, 4.69) is 15.6 Å². The van der Waals surface area contributed by atoms with Gasteiger partial charge < -0.3 is 9.47 Å². The van der Waals surface area contributed by atoms with Gasteiger partial charge in [0.25, 0.3) is 0 Å². The monoisotopic (exact) mass is 340 g/mol. The Kier molecular flexibility index (Phi) is 4.73. The Morgan fingerprint density at radius 3 is 2.68 bits per heavy atom. The number of likely N-dealkylation sites (tertiary alicyclic amines) is 1. The third kappa shape index (κ3) is 3.29. The summed E-state index contributed by atoms with van der Waals surface area (Å²) in [6.07, 6.45) is 10.9. The van der Waals surface area contributed by atoms with Crippen LogP contribution in [0, 0.1) is 5.92 Å². The van der Waals surface area contributed by atoms with Crippen molar-refractivity contribution >= 4 is 17.1 Å². The van der Waals surface area contributed by atoms with Gasteiger partial charge in [-0.25, -0.2) is 9.97 Å². The Bertz CT molecular complexity index is 739. The summed E-state index contributed by atoms with van der Waals surface area (Å²) in [6, 6.07) is 4.46.